The highest BCUT2D eigenvalue weighted by Crippen LogP contribution is 2.17. The zero-order chi connectivity index (χ0) is 19.2. The maximum atomic E-state index is 12.6. The predicted molar refractivity (Wildman–Crippen MR) is 107 cm³/mol. The SMILES string of the molecule is CCN1CCN(Cc2ccc(NC(=O)C(NC)c3cnn(C)c3)cc2)CC1. The number of hydrogen-bond acceptors (Lipinski definition) is 5. The fourth-order valence-corrected chi connectivity index (χ4v) is 3.47. The monoisotopic (exact) mass is 370 g/mol. The average molecular weight is 371 g/mol. The van der Waals surface area contributed by atoms with Crippen LogP contribution in [0.15, 0.2) is 36.7 Å². The first-order chi connectivity index (χ1) is 13.1. The molecule has 1 fully saturated rings. The van der Waals surface area contributed by atoms with E-state index in [-0.39, 0.29) is 5.91 Å². The highest BCUT2D eigenvalue weighted by molar-refractivity contribution is 5.95. The van der Waals surface area contributed by atoms with E-state index in [1.165, 1.54) is 5.56 Å². The van der Waals surface area contributed by atoms with E-state index < -0.39 is 6.04 Å². The van der Waals surface area contributed by atoms with Crippen molar-refractivity contribution >= 4 is 11.6 Å². The number of rotatable bonds is 7. The number of carbonyl (C=O) groups excluding carboxylic acids is 1. The van der Waals surface area contributed by atoms with Crippen LogP contribution in [0.5, 0.6) is 0 Å². The lowest BCUT2D eigenvalue weighted by Gasteiger charge is -2.34. The molecule has 0 saturated carbocycles. The molecule has 2 heterocycles. The molecule has 0 spiro atoms. The average Bonchev–Trinajstić information content (AvgIpc) is 3.10. The molecular weight excluding hydrogens is 340 g/mol. The van der Waals surface area contributed by atoms with Crippen LogP contribution in [-0.4, -0.2) is 65.3 Å². The number of carbonyl (C=O) groups is 1. The molecule has 27 heavy (non-hydrogen) atoms. The number of hydrogen-bond donors (Lipinski definition) is 2. The van der Waals surface area contributed by atoms with Crippen molar-refractivity contribution in [2.45, 2.75) is 19.5 Å². The summed E-state index contributed by atoms with van der Waals surface area (Å²) in [7, 11) is 3.62. The Morgan fingerprint density at radius 1 is 1.15 bits per heavy atom. The second-order valence-corrected chi connectivity index (χ2v) is 7.07. The first-order valence-corrected chi connectivity index (χ1v) is 9.59. The second-order valence-electron chi connectivity index (χ2n) is 7.07. The summed E-state index contributed by atoms with van der Waals surface area (Å²) in [6.07, 6.45) is 3.56. The van der Waals surface area contributed by atoms with Gasteiger partial charge in [-0.25, -0.2) is 0 Å². The Morgan fingerprint density at radius 2 is 1.81 bits per heavy atom. The standard InChI is InChI=1S/C20H30N6O/c1-4-25-9-11-26(12-10-25)14-16-5-7-18(8-6-16)23-20(27)19(21-2)17-13-22-24(3)15-17/h5-8,13,15,19,21H,4,9-12,14H2,1-3H3,(H,23,27). The molecule has 2 aromatic rings. The van der Waals surface area contributed by atoms with E-state index in [2.05, 4.69) is 44.6 Å². The van der Waals surface area contributed by atoms with Crippen LogP contribution in [0.3, 0.4) is 0 Å². The summed E-state index contributed by atoms with van der Waals surface area (Å²) in [4.78, 5) is 17.6. The fourth-order valence-electron chi connectivity index (χ4n) is 3.47. The summed E-state index contributed by atoms with van der Waals surface area (Å²) in [5.41, 5.74) is 2.93. The summed E-state index contributed by atoms with van der Waals surface area (Å²) in [5, 5.41) is 10.2. The largest absolute Gasteiger partial charge is 0.324 e. The number of nitrogens with one attached hydrogen (secondary N) is 2. The van der Waals surface area contributed by atoms with Gasteiger partial charge in [0, 0.05) is 57.2 Å². The molecule has 1 aliphatic rings. The Balaban J connectivity index is 1.54. The van der Waals surface area contributed by atoms with E-state index in [1.54, 1.807) is 17.9 Å². The molecule has 1 aromatic carbocycles. The first kappa shape index (κ1) is 19.5. The van der Waals surface area contributed by atoms with Crippen LogP contribution in [0.25, 0.3) is 0 Å². The highest BCUT2D eigenvalue weighted by Gasteiger charge is 2.20. The Kier molecular flexibility index (Phi) is 6.60. The molecule has 1 saturated heterocycles. The van der Waals surface area contributed by atoms with Crippen LogP contribution in [0.4, 0.5) is 5.69 Å². The van der Waals surface area contributed by atoms with Gasteiger partial charge < -0.3 is 15.5 Å². The highest BCUT2D eigenvalue weighted by atomic mass is 16.2. The maximum Gasteiger partial charge on any atom is 0.246 e. The number of likely N-dealkylation sites (N-methyl/N-ethyl adjacent to an activating group) is 2. The van der Waals surface area contributed by atoms with Crippen molar-refractivity contribution in [1.82, 2.24) is 24.9 Å². The maximum absolute atomic E-state index is 12.6. The molecule has 1 amide bonds. The minimum absolute atomic E-state index is 0.0889. The van der Waals surface area contributed by atoms with Gasteiger partial charge in [-0.15, -0.1) is 0 Å². The van der Waals surface area contributed by atoms with Crippen molar-refractivity contribution in [2.24, 2.45) is 7.05 Å². The number of aryl methyl sites for hydroxylation is 1. The molecule has 0 bridgehead atoms. The van der Waals surface area contributed by atoms with E-state index >= 15 is 0 Å². The zero-order valence-corrected chi connectivity index (χ0v) is 16.5. The molecule has 1 aromatic heterocycles. The van der Waals surface area contributed by atoms with Gasteiger partial charge in [0.2, 0.25) is 5.91 Å². The number of amides is 1. The Morgan fingerprint density at radius 3 is 2.37 bits per heavy atom. The minimum atomic E-state index is -0.423. The van der Waals surface area contributed by atoms with Gasteiger partial charge in [-0.3, -0.25) is 14.4 Å². The fraction of sp³-hybridized carbons (Fsp3) is 0.500. The van der Waals surface area contributed by atoms with Crippen LogP contribution < -0.4 is 10.6 Å². The second kappa shape index (κ2) is 9.12. The molecule has 0 aliphatic carbocycles. The number of anilines is 1. The Hall–Kier alpha value is -2.22. The van der Waals surface area contributed by atoms with Crippen molar-refractivity contribution in [3.8, 4) is 0 Å². The zero-order valence-electron chi connectivity index (χ0n) is 16.5. The molecule has 1 aliphatic heterocycles. The van der Waals surface area contributed by atoms with Crippen LogP contribution in [0, 0.1) is 0 Å². The van der Waals surface area contributed by atoms with Gasteiger partial charge >= 0.3 is 0 Å². The van der Waals surface area contributed by atoms with E-state index in [1.807, 2.05) is 25.4 Å². The van der Waals surface area contributed by atoms with Crippen molar-refractivity contribution in [3.05, 3.63) is 47.8 Å². The third-order valence-electron chi connectivity index (χ3n) is 5.15. The summed E-state index contributed by atoms with van der Waals surface area (Å²) in [6.45, 7) is 8.82. The summed E-state index contributed by atoms with van der Waals surface area (Å²) in [6, 6.07) is 7.73. The lowest BCUT2D eigenvalue weighted by molar-refractivity contribution is -0.118. The summed E-state index contributed by atoms with van der Waals surface area (Å²) in [5.74, 6) is -0.0889. The molecule has 1 atom stereocenters. The van der Waals surface area contributed by atoms with Crippen LogP contribution >= 0.6 is 0 Å². The third kappa shape index (κ3) is 5.15. The van der Waals surface area contributed by atoms with Gasteiger partial charge in [0.25, 0.3) is 0 Å². The van der Waals surface area contributed by atoms with Crippen LogP contribution in [0.2, 0.25) is 0 Å². The van der Waals surface area contributed by atoms with E-state index in [9.17, 15) is 4.79 Å². The van der Waals surface area contributed by atoms with Gasteiger partial charge in [-0.1, -0.05) is 19.1 Å². The first-order valence-electron chi connectivity index (χ1n) is 9.59. The van der Waals surface area contributed by atoms with Crippen LogP contribution in [-0.2, 0) is 18.4 Å². The van der Waals surface area contributed by atoms with Gasteiger partial charge in [-0.2, -0.15) is 5.10 Å². The molecule has 2 N–H and O–H groups in total. The molecule has 3 rings (SSSR count). The lowest BCUT2D eigenvalue weighted by atomic mass is 10.1. The smallest absolute Gasteiger partial charge is 0.246 e. The van der Waals surface area contributed by atoms with Gasteiger partial charge in [0.1, 0.15) is 6.04 Å². The van der Waals surface area contributed by atoms with Gasteiger partial charge in [-0.05, 0) is 31.3 Å². The predicted octanol–water partition coefficient (Wildman–Crippen LogP) is 1.46. The number of piperazine rings is 1. The third-order valence-corrected chi connectivity index (χ3v) is 5.15. The van der Waals surface area contributed by atoms with Crippen molar-refractivity contribution < 1.29 is 4.79 Å². The molecule has 7 nitrogen and oxygen atoms in total. The van der Waals surface area contributed by atoms with E-state index in [0.29, 0.717) is 0 Å². The molecular formula is C20H30N6O. The normalized spacial score (nSPS) is 17.0. The molecule has 1 unspecified atom stereocenters. The number of aromatic nitrogens is 2. The molecule has 0 radical (unpaired) electrons. The number of nitrogens with zero attached hydrogens (tertiary/aromatic N) is 4. The summed E-state index contributed by atoms with van der Waals surface area (Å²) < 4.78 is 1.70. The van der Waals surface area contributed by atoms with E-state index in [0.717, 1.165) is 50.5 Å². The lowest BCUT2D eigenvalue weighted by Crippen LogP contribution is -2.45. The van der Waals surface area contributed by atoms with Gasteiger partial charge in [0.15, 0.2) is 0 Å². The topological polar surface area (TPSA) is 65.4 Å². The Bertz CT molecular complexity index is 733. The van der Waals surface area contributed by atoms with Crippen molar-refractivity contribution in [2.75, 3.05) is 45.1 Å². The quantitative estimate of drug-likeness (QED) is 0.772. The summed E-state index contributed by atoms with van der Waals surface area (Å²) >= 11 is 0. The Labute approximate surface area is 161 Å². The van der Waals surface area contributed by atoms with Crippen LogP contribution in [0.1, 0.15) is 24.1 Å². The minimum Gasteiger partial charge on any atom is -0.324 e. The number of benzene rings is 1. The van der Waals surface area contributed by atoms with E-state index in [4.69, 9.17) is 0 Å². The molecule has 146 valence electrons. The van der Waals surface area contributed by atoms with Crippen molar-refractivity contribution in [3.63, 3.8) is 0 Å². The van der Waals surface area contributed by atoms with Gasteiger partial charge in [0.05, 0.1) is 6.20 Å². The molecule has 7 heteroatoms. The van der Waals surface area contributed by atoms with Crippen molar-refractivity contribution in [1.29, 1.82) is 0 Å².